The molecule has 0 saturated carbocycles. The lowest BCUT2D eigenvalue weighted by molar-refractivity contribution is 0.487. The zero-order valence-electron chi connectivity index (χ0n) is 8.70. The second-order valence-electron chi connectivity index (χ2n) is 4.01. The molecule has 0 spiro atoms. The van der Waals surface area contributed by atoms with Crippen LogP contribution < -0.4 is 5.73 Å². The molecule has 0 bridgehead atoms. The molecule has 2 N–H and O–H groups in total. The van der Waals surface area contributed by atoms with Gasteiger partial charge in [0.25, 0.3) is 0 Å². The maximum Gasteiger partial charge on any atom is 0.0537 e. The van der Waals surface area contributed by atoms with Gasteiger partial charge in [-0.25, -0.2) is 0 Å². The first-order valence-corrected chi connectivity index (χ1v) is 4.87. The van der Waals surface area contributed by atoms with Crippen LogP contribution in [0.4, 0.5) is 0 Å². The van der Waals surface area contributed by atoms with Crippen LogP contribution in [0.3, 0.4) is 0 Å². The first-order chi connectivity index (χ1) is 6.09. The second kappa shape index (κ2) is 4.42. The van der Waals surface area contributed by atoms with Crippen LogP contribution >= 0.6 is 0 Å². The van der Waals surface area contributed by atoms with Crippen molar-refractivity contribution in [1.29, 1.82) is 0 Å². The van der Waals surface area contributed by atoms with Gasteiger partial charge in [-0.05, 0) is 19.3 Å². The second-order valence-corrected chi connectivity index (χ2v) is 4.01. The molecule has 0 amide bonds. The number of aryl methyl sites for hydroxylation is 1. The van der Waals surface area contributed by atoms with Gasteiger partial charge in [0.2, 0.25) is 0 Å². The van der Waals surface area contributed by atoms with Crippen molar-refractivity contribution in [3.63, 3.8) is 0 Å². The SMILES string of the molecule is CC(C)CCn1cc([C@@H](C)N)cn1. The quantitative estimate of drug-likeness (QED) is 0.771. The molecule has 0 saturated heterocycles. The molecule has 0 unspecified atom stereocenters. The standard InChI is InChI=1S/C10H19N3/c1-8(2)4-5-13-7-10(6-12-13)9(3)11/h6-9H,4-5,11H2,1-3H3/t9-/m1/s1. The van der Waals surface area contributed by atoms with Crippen molar-refractivity contribution in [1.82, 2.24) is 9.78 Å². The summed E-state index contributed by atoms with van der Waals surface area (Å²) in [4.78, 5) is 0. The molecule has 0 aliphatic carbocycles. The first-order valence-electron chi connectivity index (χ1n) is 4.87. The van der Waals surface area contributed by atoms with Crippen molar-refractivity contribution in [2.24, 2.45) is 11.7 Å². The molecule has 0 radical (unpaired) electrons. The van der Waals surface area contributed by atoms with Gasteiger partial charge in [0.1, 0.15) is 0 Å². The number of hydrogen-bond donors (Lipinski definition) is 1. The highest BCUT2D eigenvalue weighted by Gasteiger charge is 2.03. The van der Waals surface area contributed by atoms with E-state index in [1.807, 2.05) is 24.0 Å². The Labute approximate surface area is 79.9 Å². The average molecular weight is 181 g/mol. The summed E-state index contributed by atoms with van der Waals surface area (Å²) in [5.41, 5.74) is 6.84. The Balaban J connectivity index is 2.49. The van der Waals surface area contributed by atoms with E-state index >= 15 is 0 Å². The minimum Gasteiger partial charge on any atom is -0.324 e. The fourth-order valence-corrected chi connectivity index (χ4v) is 1.13. The molecule has 13 heavy (non-hydrogen) atoms. The van der Waals surface area contributed by atoms with Crippen molar-refractivity contribution >= 4 is 0 Å². The van der Waals surface area contributed by atoms with E-state index in [0.29, 0.717) is 0 Å². The Morgan fingerprint density at radius 2 is 2.15 bits per heavy atom. The molecule has 74 valence electrons. The zero-order valence-corrected chi connectivity index (χ0v) is 8.70. The number of aromatic nitrogens is 2. The average Bonchev–Trinajstić information content (AvgIpc) is 2.48. The van der Waals surface area contributed by atoms with Gasteiger partial charge >= 0.3 is 0 Å². The van der Waals surface area contributed by atoms with Crippen LogP contribution in [-0.4, -0.2) is 9.78 Å². The lowest BCUT2D eigenvalue weighted by Crippen LogP contribution is -2.04. The molecule has 3 nitrogen and oxygen atoms in total. The van der Waals surface area contributed by atoms with Crippen LogP contribution in [-0.2, 0) is 6.54 Å². The zero-order chi connectivity index (χ0) is 9.84. The molecular formula is C10H19N3. The van der Waals surface area contributed by atoms with Gasteiger partial charge in [-0.1, -0.05) is 13.8 Å². The summed E-state index contributed by atoms with van der Waals surface area (Å²) in [5.74, 6) is 0.725. The predicted octanol–water partition coefficient (Wildman–Crippen LogP) is 1.95. The summed E-state index contributed by atoms with van der Waals surface area (Å²) < 4.78 is 1.97. The van der Waals surface area contributed by atoms with Crippen molar-refractivity contribution in [3.05, 3.63) is 18.0 Å². The fourth-order valence-electron chi connectivity index (χ4n) is 1.13. The normalized spacial score (nSPS) is 13.6. The predicted molar refractivity (Wildman–Crippen MR) is 54.3 cm³/mol. The van der Waals surface area contributed by atoms with Crippen LogP contribution in [0.2, 0.25) is 0 Å². The van der Waals surface area contributed by atoms with E-state index in [1.165, 1.54) is 6.42 Å². The van der Waals surface area contributed by atoms with E-state index in [1.54, 1.807) is 0 Å². The number of rotatable bonds is 4. The van der Waals surface area contributed by atoms with Crippen molar-refractivity contribution in [2.75, 3.05) is 0 Å². The molecule has 1 rings (SSSR count). The Morgan fingerprint density at radius 1 is 1.46 bits per heavy atom. The van der Waals surface area contributed by atoms with E-state index in [4.69, 9.17) is 5.73 Å². The molecule has 0 aromatic carbocycles. The minimum atomic E-state index is 0.0906. The topological polar surface area (TPSA) is 43.8 Å². The third-order valence-corrected chi connectivity index (χ3v) is 2.11. The van der Waals surface area contributed by atoms with E-state index in [0.717, 1.165) is 18.0 Å². The molecule has 1 aromatic heterocycles. The molecule has 0 aliphatic heterocycles. The van der Waals surface area contributed by atoms with E-state index < -0.39 is 0 Å². The summed E-state index contributed by atoms with van der Waals surface area (Å²) in [6, 6.07) is 0.0906. The van der Waals surface area contributed by atoms with Gasteiger partial charge in [0, 0.05) is 24.3 Å². The summed E-state index contributed by atoms with van der Waals surface area (Å²) in [6.45, 7) is 7.40. The molecule has 3 heteroatoms. The van der Waals surface area contributed by atoms with E-state index in [9.17, 15) is 0 Å². The third kappa shape index (κ3) is 3.19. The highest BCUT2D eigenvalue weighted by Crippen LogP contribution is 2.08. The van der Waals surface area contributed by atoms with Gasteiger partial charge in [-0.3, -0.25) is 4.68 Å². The summed E-state index contributed by atoms with van der Waals surface area (Å²) in [7, 11) is 0. The highest BCUT2D eigenvalue weighted by molar-refractivity contribution is 5.07. The lowest BCUT2D eigenvalue weighted by Gasteiger charge is -2.04. The maximum absolute atomic E-state index is 5.73. The molecule has 1 heterocycles. The number of nitrogens with zero attached hydrogens (tertiary/aromatic N) is 2. The summed E-state index contributed by atoms with van der Waals surface area (Å²) in [5, 5.41) is 4.25. The van der Waals surface area contributed by atoms with E-state index in [-0.39, 0.29) is 6.04 Å². The van der Waals surface area contributed by atoms with Gasteiger partial charge in [-0.2, -0.15) is 5.10 Å². The van der Waals surface area contributed by atoms with Gasteiger partial charge in [-0.15, -0.1) is 0 Å². The van der Waals surface area contributed by atoms with Crippen molar-refractivity contribution in [2.45, 2.75) is 39.8 Å². The Kier molecular flexibility index (Phi) is 3.48. The monoisotopic (exact) mass is 181 g/mol. The van der Waals surface area contributed by atoms with Crippen LogP contribution in [0.25, 0.3) is 0 Å². The third-order valence-electron chi connectivity index (χ3n) is 2.11. The van der Waals surface area contributed by atoms with Gasteiger partial charge in [0.15, 0.2) is 0 Å². The molecule has 1 aromatic rings. The smallest absolute Gasteiger partial charge is 0.0537 e. The first kappa shape index (κ1) is 10.3. The lowest BCUT2D eigenvalue weighted by atomic mass is 10.1. The highest BCUT2D eigenvalue weighted by atomic mass is 15.3. The van der Waals surface area contributed by atoms with Crippen molar-refractivity contribution in [3.8, 4) is 0 Å². The summed E-state index contributed by atoms with van der Waals surface area (Å²) in [6.07, 6.45) is 5.05. The Morgan fingerprint density at radius 3 is 2.62 bits per heavy atom. The number of nitrogens with two attached hydrogens (primary N) is 1. The maximum atomic E-state index is 5.73. The van der Waals surface area contributed by atoms with Crippen LogP contribution in [0, 0.1) is 5.92 Å². The van der Waals surface area contributed by atoms with Gasteiger partial charge < -0.3 is 5.73 Å². The Hall–Kier alpha value is -0.830. The van der Waals surface area contributed by atoms with Crippen LogP contribution in [0.5, 0.6) is 0 Å². The largest absolute Gasteiger partial charge is 0.324 e. The van der Waals surface area contributed by atoms with Crippen molar-refractivity contribution < 1.29 is 0 Å². The van der Waals surface area contributed by atoms with Crippen LogP contribution in [0.15, 0.2) is 12.4 Å². The van der Waals surface area contributed by atoms with Gasteiger partial charge in [0.05, 0.1) is 6.20 Å². The molecule has 0 aliphatic rings. The molecule has 1 atom stereocenters. The fraction of sp³-hybridized carbons (Fsp3) is 0.700. The minimum absolute atomic E-state index is 0.0906. The Bertz CT molecular complexity index is 250. The molecule has 0 fully saturated rings. The number of hydrogen-bond acceptors (Lipinski definition) is 2. The molecular weight excluding hydrogens is 162 g/mol. The van der Waals surface area contributed by atoms with Crippen LogP contribution in [0.1, 0.15) is 38.8 Å². The summed E-state index contributed by atoms with van der Waals surface area (Å²) >= 11 is 0. The van der Waals surface area contributed by atoms with E-state index in [2.05, 4.69) is 18.9 Å².